The molecule has 126 valence electrons. The van der Waals surface area contributed by atoms with Crippen LogP contribution in [0.4, 0.5) is 0 Å². The number of ether oxygens (including phenoxy) is 1. The van der Waals surface area contributed by atoms with Crippen molar-refractivity contribution in [3.8, 4) is 16.2 Å². The minimum Gasteiger partial charge on any atom is -0.497 e. The minimum atomic E-state index is -0.0284. The molecule has 0 radical (unpaired) electrons. The van der Waals surface area contributed by atoms with Crippen molar-refractivity contribution in [3.05, 3.63) is 68.4 Å². The smallest absolute Gasteiger partial charge is 0.271 e. The quantitative estimate of drug-likeness (QED) is 0.499. The number of benzene rings is 1. The zero-order chi connectivity index (χ0) is 17.4. The van der Waals surface area contributed by atoms with Crippen molar-refractivity contribution in [2.75, 3.05) is 7.11 Å². The van der Waals surface area contributed by atoms with Crippen LogP contribution >= 0.6 is 34.3 Å². The Morgan fingerprint density at radius 1 is 1.16 bits per heavy atom. The Morgan fingerprint density at radius 3 is 2.64 bits per heavy atom. The molecule has 1 aromatic carbocycles. The van der Waals surface area contributed by atoms with Crippen molar-refractivity contribution in [1.82, 2.24) is 9.55 Å². The first-order chi connectivity index (χ1) is 12.1. The summed E-state index contributed by atoms with van der Waals surface area (Å²) in [5, 5.41) is 0. The van der Waals surface area contributed by atoms with Gasteiger partial charge in [0.2, 0.25) is 0 Å². The van der Waals surface area contributed by atoms with E-state index in [1.165, 1.54) is 22.7 Å². The highest BCUT2D eigenvalue weighted by Gasteiger charge is 2.11. The first-order valence-electron chi connectivity index (χ1n) is 7.51. The molecule has 0 saturated carbocycles. The van der Waals surface area contributed by atoms with E-state index in [1.54, 1.807) is 18.0 Å². The summed E-state index contributed by atoms with van der Waals surface area (Å²) in [5.74, 6) is 0.806. The summed E-state index contributed by atoms with van der Waals surface area (Å²) >= 11 is 8.90. The highest BCUT2D eigenvalue weighted by Crippen LogP contribution is 2.32. The number of aromatic nitrogens is 2. The lowest BCUT2D eigenvalue weighted by molar-refractivity contribution is 0.415. The van der Waals surface area contributed by atoms with E-state index in [2.05, 4.69) is 4.98 Å². The van der Waals surface area contributed by atoms with E-state index < -0.39 is 0 Å². The molecule has 0 aliphatic rings. The van der Waals surface area contributed by atoms with Crippen LogP contribution in [0.25, 0.3) is 20.7 Å². The van der Waals surface area contributed by atoms with Crippen LogP contribution in [-0.2, 0) is 6.54 Å². The summed E-state index contributed by atoms with van der Waals surface area (Å²) in [7, 11) is 1.64. The molecule has 0 fully saturated rings. The maximum absolute atomic E-state index is 12.8. The lowest BCUT2D eigenvalue weighted by Crippen LogP contribution is -2.19. The summed E-state index contributed by atoms with van der Waals surface area (Å²) in [6.07, 6.45) is 1.60. The second-order valence-corrected chi connectivity index (χ2v) is 8.29. The molecule has 4 rings (SSSR count). The molecule has 4 aromatic rings. The fourth-order valence-electron chi connectivity index (χ4n) is 2.56. The van der Waals surface area contributed by atoms with Gasteiger partial charge in [0.05, 0.1) is 29.8 Å². The van der Waals surface area contributed by atoms with Gasteiger partial charge in [-0.05, 0) is 48.0 Å². The monoisotopic (exact) mass is 388 g/mol. The van der Waals surface area contributed by atoms with Gasteiger partial charge in [0, 0.05) is 9.75 Å². The third-order valence-corrected chi connectivity index (χ3v) is 6.21. The van der Waals surface area contributed by atoms with Crippen LogP contribution in [0, 0.1) is 0 Å². The summed E-state index contributed by atoms with van der Waals surface area (Å²) < 4.78 is 8.19. The van der Waals surface area contributed by atoms with Crippen molar-refractivity contribution in [3.63, 3.8) is 0 Å². The summed E-state index contributed by atoms with van der Waals surface area (Å²) in [6.45, 7) is 0.481. The van der Waals surface area contributed by atoms with Crippen molar-refractivity contribution in [2.24, 2.45) is 0 Å². The lowest BCUT2D eigenvalue weighted by Gasteiger charge is -2.02. The summed E-state index contributed by atoms with van der Waals surface area (Å²) in [4.78, 5) is 19.3. The van der Waals surface area contributed by atoms with Gasteiger partial charge in [-0.25, -0.2) is 4.98 Å². The van der Waals surface area contributed by atoms with Gasteiger partial charge in [-0.1, -0.05) is 11.6 Å². The summed E-state index contributed by atoms with van der Waals surface area (Å²) in [5.41, 5.74) is 1.74. The molecule has 0 aliphatic carbocycles. The first-order valence-corrected chi connectivity index (χ1v) is 9.53. The second-order valence-electron chi connectivity index (χ2n) is 5.44. The molecule has 0 aliphatic heterocycles. The Kier molecular flexibility index (Phi) is 4.33. The highest BCUT2D eigenvalue weighted by molar-refractivity contribution is 7.22. The van der Waals surface area contributed by atoms with Gasteiger partial charge in [-0.3, -0.25) is 9.36 Å². The van der Waals surface area contributed by atoms with Crippen LogP contribution in [0.5, 0.6) is 5.75 Å². The normalized spacial score (nSPS) is 11.1. The largest absolute Gasteiger partial charge is 0.497 e. The maximum atomic E-state index is 12.8. The number of rotatable bonds is 4. The SMILES string of the molecule is COc1ccc(-c2cc3ncn(Cc4ccc(Cl)s4)c(=O)c3s2)cc1. The lowest BCUT2D eigenvalue weighted by atomic mass is 10.2. The fourth-order valence-corrected chi connectivity index (χ4v) is 4.71. The van der Waals surface area contributed by atoms with Gasteiger partial charge >= 0.3 is 0 Å². The molecular weight excluding hydrogens is 376 g/mol. The Bertz CT molecular complexity index is 1100. The third-order valence-electron chi connectivity index (χ3n) is 3.83. The Balaban J connectivity index is 1.72. The van der Waals surface area contributed by atoms with E-state index in [-0.39, 0.29) is 5.56 Å². The van der Waals surface area contributed by atoms with Crippen LogP contribution in [-0.4, -0.2) is 16.7 Å². The zero-order valence-electron chi connectivity index (χ0n) is 13.2. The second kappa shape index (κ2) is 6.63. The van der Waals surface area contributed by atoms with Gasteiger partial charge < -0.3 is 4.74 Å². The molecule has 25 heavy (non-hydrogen) atoms. The van der Waals surface area contributed by atoms with Crippen molar-refractivity contribution in [1.29, 1.82) is 0 Å². The average molecular weight is 389 g/mol. The van der Waals surface area contributed by atoms with Crippen molar-refractivity contribution < 1.29 is 4.74 Å². The van der Waals surface area contributed by atoms with Crippen LogP contribution < -0.4 is 10.3 Å². The maximum Gasteiger partial charge on any atom is 0.271 e. The molecule has 0 atom stereocenters. The van der Waals surface area contributed by atoms with Gasteiger partial charge in [0.1, 0.15) is 10.4 Å². The number of nitrogens with zero attached hydrogens (tertiary/aromatic N) is 2. The van der Waals surface area contributed by atoms with Crippen LogP contribution in [0.1, 0.15) is 4.88 Å². The molecule has 4 nitrogen and oxygen atoms in total. The van der Waals surface area contributed by atoms with Gasteiger partial charge in [-0.2, -0.15) is 0 Å². The predicted molar refractivity (Wildman–Crippen MR) is 104 cm³/mol. The zero-order valence-corrected chi connectivity index (χ0v) is 15.6. The number of thiophene rings is 2. The molecule has 0 saturated heterocycles. The standard InChI is InChI=1S/C18H13ClN2O2S2/c1-23-12-4-2-11(3-5-12)15-8-14-17(25-15)18(22)21(10-20-14)9-13-6-7-16(19)24-13/h2-8,10H,9H2,1H3. The highest BCUT2D eigenvalue weighted by atomic mass is 35.5. The third kappa shape index (κ3) is 3.20. The number of fused-ring (bicyclic) bond motifs is 1. The van der Waals surface area contributed by atoms with Crippen molar-refractivity contribution >= 4 is 44.5 Å². The Morgan fingerprint density at radius 2 is 1.96 bits per heavy atom. The molecule has 0 unspecified atom stereocenters. The molecule has 3 aromatic heterocycles. The number of hydrogen-bond donors (Lipinski definition) is 0. The number of halogens is 1. The minimum absolute atomic E-state index is 0.0284. The fraction of sp³-hybridized carbons (Fsp3) is 0.111. The van der Waals surface area contributed by atoms with Crippen LogP contribution in [0.3, 0.4) is 0 Å². The topological polar surface area (TPSA) is 44.1 Å². The number of methoxy groups -OCH3 is 1. The first kappa shape index (κ1) is 16.3. The molecule has 3 heterocycles. The summed E-state index contributed by atoms with van der Waals surface area (Å²) in [6, 6.07) is 13.5. The van der Waals surface area contributed by atoms with Gasteiger partial charge in [-0.15, -0.1) is 22.7 Å². The van der Waals surface area contributed by atoms with E-state index in [9.17, 15) is 4.79 Å². The van der Waals surface area contributed by atoms with Crippen molar-refractivity contribution in [2.45, 2.75) is 6.54 Å². The van der Waals surface area contributed by atoms with E-state index >= 15 is 0 Å². The van der Waals surface area contributed by atoms with Gasteiger partial charge in [0.15, 0.2) is 0 Å². The van der Waals surface area contributed by atoms with E-state index in [1.807, 2.05) is 42.5 Å². The Hall–Kier alpha value is -2.15. The average Bonchev–Trinajstić information content (AvgIpc) is 3.24. The van der Waals surface area contributed by atoms with E-state index in [4.69, 9.17) is 16.3 Å². The Labute approximate surface area is 156 Å². The predicted octanol–water partition coefficient (Wildman–Crippen LogP) is 4.90. The molecule has 7 heteroatoms. The molecule has 0 amide bonds. The van der Waals surface area contributed by atoms with E-state index in [0.29, 0.717) is 11.2 Å². The molecule has 0 spiro atoms. The molecule has 0 bridgehead atoms. The van der Waals surface area contributed by atoms with Crippen LogP contribution in [0.15, 0.2) is 53.6 Å². The van der Waals surface area contributed by atoms with E-state index in [0.717, 1.165) is 30.9 Å². The number of hydrogen-bond acceptors (Lipinski definition) is 5. The molecule has 0 N–H and O–H groups in total. The molecular formula is C18H13ClN2O2S2. The van der Waals surface area contributed by atoms with Crippen LogP contribution in [0.2, 0.25) is 4.34 Å². The van der Waals surface area contributed by atoms with Gasteiger partial charge in [0.25, 0.3) is 5.56 Å².